The van der Waals surface area contributed by atoms with Crippen molar-refractivity contribution in [2.45, 2.75) is 45.7 Å². The van der Waals surface area contributed by atoms with E-state index in [4.69, 9.17) is 0 Å². The number of nitrogens with zero attached hydrogens (tertiary/aromatic N) is 1. The fraction of sp³-hybridized carbons (Fsp3) is 0.533. The number of aryl methyl sites for hydroxylation is 1. The van der Waals surface area contributed by atoms with E-state index in [0.29, 0.717) is 0 Å². The van der Waals surface area contributed by atoms with Crippen LogP contribution in [0.1, 0.15) is 44.4 Å². The Bertz CT molecular complexity index is 409. The number of carboxylic acids is 1. The van der Waals surface area contributed by atoms with Crippen molar-refractivity contribution in [3.63, 3.8) is 0 Å². The molecule has 1 unspecified atom stereocenters. The smallest absolute Gasteiger partial charge is 0.323 e. The van der Waals surface area contributed by atoms with E-state index in [2.05, 4.69) is 38.1 Å². The molecule has 3 heteroatoms. The van der Waals surface area contributed by atoms with Gasteiger partial charge < -0.3 is 5.11 Å². The number of hydrogen-bond acceptors (Lipinski definition) is 2. The highest BCUT2D eigenvalue weighted by atomic mass is 16.4. The van der Waals surface area contributed by atoms with E-state index < -0.39 is 11.5 Å². The summed E-state index contributed by atoms with van der Waals surface area (Å²) in [6, 6.07) is 8.42. The summed E-state index contributed by atoms with van der Waals surface area (Å²) in [4.78, 5) is 13.3. The standard InChI is InChI=1S/C15H23NO2/c1-6-13(12-9-7-11(2)8-10-12)16(5)15(3,4)14(17)18/h7-10,13H,6H2,1-5H3,(H,17,18). The molecule has 1 rings (SSSR count). The van der Waals surface area contributed by atoms with E-state index >= 15 is 0 Å². The van der Waals surface area contributed by atoms with Crippen molar-refractivity contribution in [3.05, 3.63) is 35.4 Å². The Morgan fingerprint density at radius 2 is 1.83 bits per heavy atom. The van der Waals surface area contributed by atoms with Crippen LogP contribution in [0, 0.1) is 6.92 Å². The minimum absolute atomic E-state index is 0.122. The van der Waals surface area contributed by atoms with Crippen LogP contribution < -0.4 is 0 Å². The van der Waals surface area contributed by atoms with E-state index in [1.54, 1.807) is 13.8 Å². The molecule has 1 aromatic carbocycles. The molecule has 0 heterocycles. The Morgan fingerprint density at radius 3 is 2.22 bits per heavy atom. The SMILES string of the molecule is CCC(c1ccc(C)cc1)N(C)C(C)(C)C(=O)O. The molecule has 0 saturated heterocycles. The van der Waals surface area contributed by atoms with Gasteiger partial charge in [0.2, 0.25) is 0 Å². The zero-order chi connectivity index (χ0) is 13.9. The molecule has 0 spiro atoms. The van der Waals surface area contributed by atoms with Crippen LogP contribution in [-0.2, 0) is 4.79 Å². The summed E-state index contributed by atoms with van der Waals surface area (Å²) in [5.74, 6) is -0.796. The lowest BCUT2D eigenvalue weighted by atomic mass is 9.95. The van der Waals surface area contributed by atoms with Gasteiger partial charge in [0.1, 0.15) is 5.54 Å². The second-order valence-corrected chi connectivity index (χ2v) is 5.31. The van der Waals surface area contributed by atoms with Crippen molar-refractivity contribution < 1.29 is 9.90 Å². The number of hydrogen-bond donors (Lipinski definition) is 1. The average Bonchev–Trinajstić information content (AvgIpc) is 2.32. The van der Waals surface area contributed by atoms with Gasteiger partial charge in [-0.1, -0.05) is 36.8 Å². The second kappa shape index (κ2) is 5.53. The van der Waals surface area contributed by atoms with Crippen molar-refractivity contribution in [1.82, 2.24) is 4.90 Å². The van der Waals surface area contributed by atoms with Crippen LogP contribution in [0.5, 0.6) is 0 Å². The van der Waals surface area contributed by atoms with E-state index in [1.165, 1.54) is 11.1 Å². The van der Waals surface area contributed by atoms with Gasteiger partial charge in [0.25, 0.3) is 0 Å². The van der Waals surface area contributed by atoms with E-state index in [0.717, 1.165) is 6.42 Å². The van der Waals surface area contributed by atoms with Crippen LogP contribution in [0.2, 0.25) is 0 Å². The fourth-order valence-corrected chi connectivity index (χ4v) is 2.06. The van der Waals surface area contributed by atoms with Gasteiger partial charge in [-0.25, -0.2) is 0 Å². The first-order valence-electron chi connectivity index (χ1n) is 6.33. The molecular weight excluding hydrogens is 226 g/mol. The zero-order valence-electron chi connectivity index (χ0n) is 11.9. The molecule has 0 aliphatic rings. The Hall–Kier alpha value is -1.35. The summed E-state index contributed by atoms with van der Waals surface area (Å²) in [6.07, 6.45) is 0.885. The normalized spacial score (nSPS) is 13.7. The van der Waals surface area contributed by atoms with Crippen molar-refractivity contribution in [2.24, 2.45) is 0 Å². The molecule has 1 atom stereocenters. The number of carbonyl (C=O) groups is 1. The number of rotatable bonds is 5. The quantitative estimate of drug-likeness (QED) is 0.871. The van der Waals surface area contributed by atoms with E-state index in [1.807, 2.05) is 11.9 Å². The third kappa shape index (κ3) is 2.91. The highest BCUT2D eigenvalue weighted by Gasteiger charge is 2.36. The molecule has 100 valence electrons. The van der Waals surface area contributed by atoms with E-state index in [9.17, 15) is 9.90 Å². The largest absolute Gasteiger partial charge is 0.480 e. The Labute approximate surface area is 109 Å². The van der Waals surface area contributed by atoms with Crippen LogP contribution in [0.15, 0.2) is 24.3 Å². The molecule has 0 amide bonds. The third-order valence-electron chi connectivity index (χ3n) is 3.72. The molecule has 0 aliphatic carbocycles. The molecule has 1 N–H and O–H groups in total. The van der Waals surface area contributed by atoms with Crippen molar-refractivity contribution >= 4 is 5.97 Å². The summed E-state index contributed by atoms with van der Waals surface area (Å²) in [5, 5.41) is 9.31. The maximum Gasteiger partial charge on any atom is 0.323 e. The lowest BCUT2D eigenvalue weighted by molar-refractivity contribution is -0.150. The topological polar surface area (TPSA) is 40.5 Å². The van der Waals surface area contributed by atoms with Crippen LogP contribution >= 0.6 is 0 Å². The molecule has 0 saturated carbocycles. The monoisotopic (exact) mass is 249 g/mol. The van der Waals surface area contributed by atoms with E-state index in [-0.39, 0.29) is 6.04 Å². The number of likely N-dealkylation sites (N-methyl/N-ethyl adjacent to an activating group) is 1. The Balaban J connectivity index is 3.03. The van der Waals surface area contributed by atoms with Crippen LogP contribution in [-0.4, -0.2) is 28.6 Å². The Morgan fingerprint density at radius 1 is 1.33 bits per heavy atom. The molecule has 0 bridgehead atoms. The third-order valence-corrected chi connectivity index (χ3v) is 3.72. The predicted molar refractivity (Wildman–Crippen MR) is 73.7 cm³/mol. The average molecular weight is 249 g/mol. The molecular formula is C15H23NO2. The maximum absolute atomic E-state index is 11.3. The molecule has 18 heavy (non-hydrogen) atoms. The minimum atomic E-state index is -0.869. The maximum atomic E-state index is 11.3. The van der Waals surface area contributed by atoms with Crippen molar-refractivity contribution in [1.29, 1.82) is 0 Å². The van der Waals surface area contributed by atoms with Crippen molar-refractivity contribution in [3.8, 4) is 0 Å². The van der Waals surface area contributed by atoms with Crippen molar-refractivity contribution in [2.75, 3.05) is 7.05 Å². The summed E-state index contributed by atoms with van der Waals surface area (Å²) in [7, 11) is 1.88. The molecule has 0 fully saturated rings. The molecule has 3 nitrogen and oxygen atoms in total. The fourth-order valence-electron chi connectivity index (χ4n) is 2.06. The number of carboxylic acid groups (broad SMARTS) is 1. The highest BCUT2D eigenvalue weighted by molar-refractivity contribution is 5.77. The summed E-state index contributed by atoms with van der Waals surface area (Å²) < 4.78 is 0. The summed E-state index contributed by atoms with van der Waals surface area (Å²) in [5.41, 5.74) is 1.51. The minimum Gasteiger partial charge on any atom is -0.480 e. The zero-order valence-corrected chi connectivity index (χ0v) is 11.9. The first-order chi connectivity index (χ1) is 8.30. The van der Waals surface area contributed by atoms with Crippen LogP contribution in [0.3, 0.4) is 0 Å². The Kier molecular flexibility index (Phi) is 4.52. The van der Waals surface area contributed by atoms with Gasteiger partial charge in [0, 0.05) is 6.04 Å². The summed E-state index contributed by atoms with van der Waals surface area (Å²) in [6.45, 7) is 7.62. The van der Waals surface area contributed by atoms with Crippen LogP contribution in [0.4, 0.5) is 0 Å². The van der Waals surface area contributed by atoms with Gasteiger partial charge in [-0.2, -0.15) is 0 Å². The van der Waals surface area contributed by atoms with Gasteiger partial charge >= 0.3 is 5.97 Å². The van der Waals surface area contributed by atoms with Crippen LogP contribution in [0.25, 0.3) is 0 Å². The highest BCUT2D eigenvalue weighted by Crippen LogP contribution is 2.29. The number of aliphatic carboxylic acids is 1. The van der Waals surface area contributed by atoms with Gasteiger partial charge in [0.05, 0.1) is 0 Å². The first-order valence-corrected chi connectivity index (χ1v) is 6.33. The number of benzene rings is 1. The molecule has 1 aromatic rings. The molecule has 0 aromatic heterocycles. The van der Waals surface area contributed by atoms with Gasteiger partial charge in [0.15, 0.2) is 0 Å². The predicted octanol–water partition coefficient (Wildman–Crippen LogP) is 3.24. The van der Waals surface area contributed by atoms with Gasteiger partial charge in [-0.15, -0.1) is 0 Å². The molecule has 0 radical (unpaired) electrons. The lowest BCUT2D eigenvalue weighted by Gasteiger charge is -2.38. The summed E-state index contributed by atoms with van der Waals surface area (Å²) >= 11 is 0. The lowest BCUT2D eigenvalue weighted by Crippen LogP contribution is -2.49. The second-order valence-electron chi connectivity index (χ2n) is 5.31. The molecule has 0 aliphatic heterocycles. The first kappa shape index (κ1) is 14.7. The van der Waals surface area contributed by atoms with Gasteiger partial charge in [-0.3, -0.25) is 9.69 Å². The van der Waals surface area contributed by atoms with Gasteiger partial charge in [-0.05, 0) is 39.8 Å².